The Morgan fingerprint density at radius 2 is 1.74 bits per heavy atom. The van der Waals surface area contributed by atoms with Crippen LogP contribution >= 0.6 is 0 Å². The SMILES string of the molecule is Cc1cc(-c2ccc3ccccc3c2)nc(C#N)n1. The normalized spacial score (nSPS) is 10.3. The summed E-state index contributed by atoms with van der Waals surface area (Å²) in [6, 6.07) is 18.2. The van der Waals surface area contributed by atoms with Crippen molar-refractivity contribution < 1.29 is 0 Å². The van der Waals surface area contributed by atoms with Gasteiger partial charge in [-0.05, 0) is 29.8 Å². The van der Waals surface area contributed by atoms with Crippen LogP contribution in [0.15, 0.2) is 48.5 Å². The molecule has 3 aromatic rings. The molecule has 0 spiro atoms. The summed E-state index contributed by atoms with van der Waals surface area (Å²) in [6.07, 6.45) is 0. The largest absolute Gasteiger partial charge is 0.232 e. The average Bonchev–Trinajstić information content (AvgIpc) is 2.46. The zero-order valence-corrected chi connectivity index (χ0v) is 10.5. The van der Waals surface area contributed by atoms with E-state index in [9.17, 15) is 0 Å². The van der Waals surface area contributed by atoms with Crippen LogP contribution in [0.4, 0.5) is 0 Å². The Morgan fingerprint density at radius 3 is 2.53 bits per heavy atom. The zero-order chi connectivity index (χ0) is 13.2. The Morgan fingerprint density at radius 1 is 0.947 bits per heavy atom. The second kappa shape index (κ2) is 4.51. The summed E-state index contributed by atoms with van der Waals surface area (Å²) in [5.41, 5.74) is 2.59. The highest BCUT2D eigenvalue weighted by Crippen LogP contribution is 2.23. The van der Waals surface area contributed by atoms with Crippen LogP contribution in [-0.2, 0) is 0 Å². The average molecular weight is 245 g/mol. The standard InChI is InChI=1S/C16H11N3/c1-11-8-15(19-16(10-17)18-11)14-7-6-12-4-2-3-5-13(12)9-14/h2-9H,1H3. The van der Waals surface area contributed by atoms with Gasteiger partial charge in [0.2, 0.25) is 5.82 Å². The molecule has 0 amide bonds. The Labute approximate surface area is 111 Å². The predicted molar refractivity (Wildman–Crippen MR) is 74.4 cm³/mol. The maximum Gasteiger partial charge on any atom is 0.232 e. The van der Waals surface area contributed by atoms with Crippen LogP contribution in [0.3, 0.4) is 0 Å². The van der Waals surface area contributed by atoms with E-state index in [-0.39, 0.29) is 5.82 Å². The van der Waals surface area contributed by atoms with Crippen molar-refractivity contribution in [3.05, 3.63) is 60.0 Å². The third-order valence-electron chi connectivity index (χ3n) is 3.00. The Kier molecular flexibility index (Phi) is 2.70. The van der Waals surface area contributed by atoms with Gasteiger partial charge in [0, 0.05) is 11.3 Å². The number of rotatable bonds is 1. The Bertz CT molecular complexity index is 800. The number of hydrogen-bond donors (Lipinski definition) is 0. The summed E-state index contributed by atoms with van der Waals surface area (Å²) < 4.78 is 0. The fourth-order valence-corrected chi connectivity index (χ4v) is 2.12. The molecule has 0 atom stereocenters. The molecule has 0 N–H and O–H groups in total. The van der Waals surface area contributed by atoms with Crippen molar-refractivity contribution in [1.82, 2.24) is 9.97 Å². The van der Waals surface area contributed by atoms with Crippen LogP contribution in [0.1, 0.15) is 11.5 Å². The first-order valence-electron chi connectivity index (χ1n) is 6.01. The van der Waals surface area contributed by atoms with Crippen molar-refractivity contribution in [2.45, 2.75) is 6.92 Å². The van der Waals surface area contributed by atoms with Crippen LogP contribution < -0.4 is 0 Å². The lowest BCUT2D eigenvalue weighted by Crippen LogP contribution is -1.94. The first kappa shape index (κ1) is 11.4. The maximum atomic E-state index is 8.93. The molecule has 0 aliphatic heterocycles. The zero-order valence-electron chi connectivity index (χ0n) is 10.5. The third kappa shape index (κ3) is 2.16. The lowest BCUT2D eigenvalue weighted by Gasteiger charge is -2.04. The summed E-state index contributed by atoms with van der Waals surface area (Å²) in [6.45, 7) is 1.87. The number of benzene rings is 2. The second-order valence-electron chi connectivity index (χ2n) is 4.39. The molecule has 3 heteroatoms. The van der Waals surface area contributed by atoms with Gasteiger partial charge < -0.3 is 0 Å². The van der Waals surface area contributed by atoms with Gasteiger partial charge in [0.05, 0.1) is 5.69 Å². The van der Waals surface area contributed by atoms with Gasteiger partial charge in [0.15, 0.2) is 0 Å². The monoisotopic (exact) mass is 245 g/mol. The minimum absolute atomic E-state index is 0.211. The van der Waals surface area contributed by atoms with Gasteiger partial charge in [-0.3, -0.25) is 0 Å². The van der Waals surface area contributed by atoms with Gasteiger partial charge in [-0.25, -0.2) is 9.97 Å². The fraction of sp³-hybridized carbons (Fsp3) is 0.0625. The molecular formula is C16H11N3. The highest BCUT2D eigenvalue weighted by atomic mass is 14.9. The first-order chi connectivity index (χ1) is 9.26. The van der Waals surface area contributed by atoms with Crippen LogP contribution in [0.2, 0.25) is 0 Å². The Hall–Kier alpha value is -2.73. The number of aryl methyl sites for hydroxylation is 1. The summed E-state index contributed by atoms with van der Waals surface area (Å²) in [4.78, 5) is 8.32. The minimum atomic E-state index is 0.211. The van der Waals surface area contributed by atoms with Crippen LogP contribution in [-0.4, -0.2) is 9.97 Å². The summed E-state index contributed by atoms with van der Waals surface area (Å²) >= 11 is 0. The number of hydrogen-bond acceptors (Lipinski definition) is 3. The van der Waals surface area contributed by atoms with Crippen molar-refractivity contribution in [2.24, 2.45) is 0 Å². The van der Waals surface area contributed by atoms with Crippen molar-refractivity contribution >= 4 is 10.8 Å². The summed E-state index contributed by atoms with van der Waals surface area (Å²) in [5, 5.41) is 11.3. The third-order valence-corrected chi connectivity index (χ3v) is 3.00. The fourth-order valence-electron chi connectivity index (χ4n) is 2.12. The summed E-state index contributed by atoms with van der Waals surface area (Å²) in [7, 11) is 0. The smallest absolute Gasteiger partial charge is 0.224 e. The van der Waals surface area contributed by atoms with Crippen LogP contribution in [0.5, 0.6) is 0 Å². The van der Waals surface area contributed by atoms with Crippen LogP contribution in [0.25, 0.3) is 22.0 Å². The Balaban J connectivity index is 2.19. The molecule has 0 fully saturated rings. The van der Waals surface area contributed by atoms with Crippen molar-refractivity contribution in [3.63, 3.8) is 0 Å². The van der Waals surface area contributed by atoms with Crippen LogP contribution in [0, 0.1) is 18.3 Å². The highest BCUT2D eigenvalue weighted by Gasteiger charge is 2.05. The molecule has 0 saturated carbocycles. The lowest BCUT2D eigenvalue weighted by atomic mass is 10.0. The van der Waals surface area contributed by atoms with Gasteiger partial charge >= 0.3 is 0 Å². The molecule has 0 saturated heterocycles. The molecular weight excluding hydrogens is 234 g/mol. The first-order valence-corrected chi connectivity index (χ1v) is 6.01. The quantitative estimate of drug-likeness (QED) is 0.659. The highest BCUT2D eigenvalue weighted by molar-refractivity contribution is 5.86. The maximum absolute atomic E-state index is 8.93. The molecule has 0 radical (unpaired) electrons. The van der Waals surface area contributed by atoms with E-state index in [1.54, 1.807) is 0 Å². The molecule has 1 heterocycles. The van der Waals surface area contributed by atoms with Gasteiger partial charge in [-0.2, -0.15) is 5.26 Å². The molecule has 0 unspecified atom stereocenters. The van der Waals surface area contributed by atoms with E-state index in [1.807, 2.05) is 37.3 Å². The molecule has 0 aliphatic rings. The minimum Gasteiger partial charge on any atom is -0.224 e. The van der Waals surface area contributed by atoms with E-state index in [0.29, 0.717) is 0 Å². The van der Waals surface area contributed by atoms with Crippen molar-refractivity contribution in [2.75, 3.05) is 0 Å². The number of aromatic nitrogens is 2. The number of fused-ring (bicyclic) bond motifs is 1. The van der Waals surface area contributed by atoms with E-state index in [4.69, 9.17) is 5.26 Å². The van der Waals surface area contributed by atoms with Gasteiger partial charge in [-0.15, -0.1) is 0 Å². The van der Waals surface area contributed by atoms with Gasteiger partial charge in [0.1, 0.15) is 6.07 Å². The van der Waals surface area contributed by atoms with E-state index >= 15 is 0 Å². The van der Waals surface area contributed by atoms with Crippen molar-refractivity contribution in [1.29, 1.82) is 5.26 Å². The van der Waals surface area contributed by atoms with E-state index in [1.165, 1.54) is 5.39 Å². The second-order valence-corrected chi connectivity index (χ2v) is 4.39. The summed E-state index contributed by atoms with van der Waals surface area (Å²) in [5.74, 6) is 0.211. The molecule has 2 aromatic carbocycles. The number of nitrogens with zero attached hydrogens (tertiary/aromatic N) is 3. The van der Waals surface area contributed by atoms with Gasteiger partial charge in [0.25, 0.3) is 0 Å². The van der Waals surface area contributed by atoms with Crippen molar-refractivity contribution in [3.8, 4) is 17.3 Å². The molecule has 19 heavy (non-hydrogen) atoms. The molecule has 1 aromatic heterocycles. The molecule has 0 bridgehead atoms. The lowest BCUT2D eigenvalue weighted by molar-refractivity contribution is 1.07. The molecule has 3 nitrogen and oxygen atoms in total. The van der Waals surface area contributed by atoms with E-state index in [2.05, 4.69) is 34.2 Å². The number of nitriles is 1. The molecule has 3 rings (SSSR count). The van der Waals surface area contributed by atoms with E-state index in [0.717, 1.165) is 22.3 Å². The molecule has 90 valence electrons. The topological polar surface area (TPSA) is 49.6 Å². The van der Waals surface area contributed by atoms with Gasteiger partial charge in [-0.1, -0.05) is 36.4 Å². The molecule has 0 aliphatic carbocycles. The predicted octanol–water partition coefficient (Wildman–Crippen LogP) is 3.48. The van der Waals surface area contributed by atoms with E-state index < -0.39 is 0 Å².